The van der Waals surface area contributed by atoms with E-state index in [2.05, 4.69) is 9.97 Å². The first-order valence-corrected chi connectivity index (χ1v) is 7.94. The summed E-state index contributed by atoms with van der Waals surface area (Å²) >= 11 is 6.37. The van der Waals surface area contributed by atoms with Gasteiger partial charge in [-0.2, -0.15) is 4.98 Å². The number of imidazole rings is 1. The number of rotatable bonds is 5. The molecule has 2 heterocycles. The maximum Gasteiger partial charge on any atom is 0.296 e. The van der Waals surface area contributed by atoms with E-state index in [0.717, 1.165) is 12.0 Å². The molecule has 0 fully saturated rings. The van der Waals surface area contributed by atoms with Crippen LogP contribution in [-0.2, 0) is 4.74 Å². The van der Waals surface area contributed by atoms with Crippen LogP contribution in [0.15, 0.2) is 30.5 Å². The van der Waals surface area contributed by atoms with E-state index >= 15 is 0 Å². The van der Waals surface area contributed by atoms with Crippen LogP contribution in [0.1, 0.15) is 19.4 Å². The molecule has 0 saturated heterocycles. The molecule has 0 saturated carbocycles. The smallest absolute Gasteiger partial charge is 0.296 e. The van der Waals surface area contributed by atoms with Gasteiger partial charge in [0.05, 0.1) is 17.7 Å². The number of methoxy groups -OCH3 is 1. The number of aromatic nitrogens is 3. The van der Waals surface area contributed by atoms with Gasteiger partial charge in [0.2, 0.25) is 0 Å². The van der Waals surface area contributed by atoms with E-state index in [0.29, 0.717) is 28.4 Å². The van der Waals surface area contributed by atoms with Crippen molar-refractivity contribution < 1.29 is 14.2 Å². The Morgan fingerprint density at radius 2 is 2.04 bits per heavy atom. The quantitative estimate of drug-likeness (QED) is 0.750. The van der Waals surface area contributed by atoms with Gasteiger partial charge in [0.1, 0.15) is 11.3 Å². The van der Waals surface area contributed by atoms with Gasteiger partial charge in [-0.1, -0.05) is 30.7 Å². The minimum Gasteiger partial charge on any atom is -0.480 e. The van der Waals surface area contributed by atoms with Crippen LogP contribution < -0.4 is 0 Å². The number of ether oxygens (including phenoxy) is 1. The second-order valence-corrected chi connectivity index (χ2v) is 5.87. The molecule has 7 heteroatoms. The van der Waals surface area contributed by atoms with Crippen LogP contribution in [-0.4, -0.2) is 33.4 Å². The van der Waals surface area contributed by atoms with Crippen LogP contribution in [0.5, 0.6) is 6.01 Å². The average molecular weight is 350 g/mol. The number of halogens is 2. The van der Waals surface area contributed by atoms with Crippen LogP contribution in [0.25, 0.3) is 22.3 Å². The Hall–Kier alpha value is -2.18. The fourth-order valence-electron chi connectivity index (χ4n) is 2.83. The van der Waals surface area contributed by atoms with Crippen molar-refractivity contribution in [1.82, 2.24) is 14.5 Å². The Morgan fingerprint density at radius 3 is 2.67 bits per heavy atom. The van der Waals surface area contributed by atoms with Gasteiger partial charge in [-0.05, 0) is 24.1 Å². The molecule has 24 heavy (non-hydrogen) atoms. The molecule has 0 radical (unpaired) electrons. The molecule has 3 aromatic rings. The third-order valence-corrected chi connectivity index (χ3v) is 4.26. The largest absolute Gasteiger partial charge is 0.480 e. The third-order valence-electron chi connectivity index (χ3n) is 3.98. The second kappa shape index (κ2) is 6.75. The lowest BCUT2D eigenvalue weighted by Gasteiger charge is -2.19. The topological polar surface area (TPSA) is 60.2 Å². The Bertz CT molecular complexity index is 864. The summed E-state index contributed by atoms with van der Waals surface area (Å²) in [5.41, 5.74) is 2.37. The molecule has 1 atom stereocenters. The van der Waals surface area contributed by atoms with Gasteiger partial charge in [-0.25, -0.2) is 9.37 Å². The van der Waals surface area contributed by atoms with Crippen molar-refractivity contribution in [3.63, 3.8) is 0 Å². The lowest BCUT2D eigenvalue weighted by atomic mass is 10.1. The van der Waals surface area contributed by atoms with E-state index in [1.165, 1.54) is 18.3 Å². The van der Waals surface area contributed by atoms with Crippen LogP contribution >= 0.6 is 11.6 Å². The second-order valence-electron chi connectivity index (χ2n) is 5.46. The Labute approximate surface area is 143 Å². The van der Waals surface area contributed by atoms with Crippen LogP contribution in [0.3, 0.4) is 0 Å². The number of aromatic hydroxyl groups is 1. The highest BCUT2D eigenvalue weighted by Gasteiger charge is 2.23. The van der Waals surface area contributed by atoms with E-state index in [9.17, 15) is 9.50 Å². The molecule has 0 aliphatic heterocycles. The Kier molecular flexibility index (Phi) is 4.69. The van der Waals surface area contributed by atoms with Crippen molar-refractivity contribution in [2.24, 2.45) is 0 Å². The molecule has 126 valence electrons. The molecule has 2 aromatic heterocycles. The average Bonchev–Trinajstić information content (AvgIpc) is 2.90. The van der Waals surface area contributed by atoms with Gasteiger partial charge in [0.25, 0.3) is 6.01 Å². The monoisotopic (exact) mass is 349 g/mol. The number of benzene rings is 1. The molecule has 0 spiro atoms. The number of pyridine rings is 1. The Balaban J connectivity index is 2.32. The van der Waals surface area contributed by atoms with E-state index in [4.69, 9.17) is 16.3 Å². The summed E-state index contributed by atoms with van der Waals surface area (Å²) in [6, 6.07) is 5.74. The highest BCUT2D eigenvalue weighted by Crippen LogP contribution is 2.38. The van der Waals surface area contributed by atoms with E-state index in [1.54, 1.807) is 23.8 Å². The predicted octanol–water partition coefficient (Wildman–Crippen LogP) is 4.19. The normalized spacial score (nSPS) is 12.7. The standard InChI is InChI=1S/C17H17ClFN3O2/c1-3-12(9-24-2)22-15-14(10-4-6-11(19)7-5-10)13(18)8-20-16(15)21-17(22)23/h4-8,12H,3,9H2,1-2H3,(H,20,21,23)/t12-/m1/s1. The Morgan fingerprint density at radius 1 is 1.33 bits per heavy atom. The number of fused-ring (bicyclic) bond motifs is 1. The van der Waals surface area contributed by atoms with Crippen LogP contribution in [0.2, 0.25) is 5.02 Å². The summed E-state index contributed by atoms with van der Waals surface area (Å²) in [4.78, 5) is 8.33. The zero-order valence-corrected chi connectivity index (χ0v) is 14.1. The summed E-state index contributed by atoms with van der Waals surface area (Å²) < 4.78 is 20.2. The molecule has 1 N–H and O–H groups in total. The predicted molar refractivity (Wildman–Crippen MR) is 90.8 cm³/mol. The summed E-state index contributed by atoms with van der Waals surface area (Å²) in [7, 11) is 1.60. The molecule has 3 rings (SSSR count). The fraction of sp³-hybridized carbons (Fsp3) is 0.294. The molecule has 0 aliphatic carbocycles. The maximum absolute atomic E-state index is 13.3. The highest BCUT2D eigenvalue weighted by atomic mass is 35.5. The van der Waals surface area contributed by atoms with Gasteiger partial charge in [-0.15, -0.1) is 0 Å². The lowest BCUT2D eigenvalue weighted by Crippen LogP contribution is -2.14. The van der Waals surface area contributed by atoms with E-state index < -0.39 is 0 Å². The number of nitrogens with zero attached hydrogens (tertiary/aromatic N) is 3. The van der Waals surface area contributed by atoms with Gasteiger partial charge in [0.15, 0.2) is 5.65 Å². The molecular formula is C17H17ClFN3O2. The van der Waals surface area contributed by atoms with Gasteiger partial charge >= 0.3 is 0 Å². The van der Waals surface area contributed by atoms with Gasteiger partial charge < -0.3 is 9.84 Å². The van der Waals surface area contributed by atoms with Crippen molar-refractivity contribution in [3.05, 3.63) is 41.3 Å². The van der Waals surface area contributed by atoms with Crippen molar-refractivity contribution in [2.45, 2.75) is 19.4 Å². The van der Waals surface area contributed by atoms with E-state index in [1.807, 2.05) is 6.92 Å². The molecule has 0 unspecified atom stereocenters. The van der Waals surface area contributed by atoms with Crippen molar-refractivity contribution in [3.8, 4) is 17.1 Å². The molecule has 0 aliphatic rings. The molecule has 0 amide bonds. The van der Waals surface area contributed by atoms with E-state index in [-0.39, 0.29) is 17.9 Å². The lowest BCUT2D eigenvalue weighted by molar-refractivity contribution is 0.150. The first-order chi connectivity index (χ1) is 11.6. The van der Waals surface area contributed by atoms with Crippen LogP contribution in [0, 0.1) is 5.82 Å². The maximum atomic E-state index is 13.3. The fourth-order valence-corrected chi connectivity index (χ4v) is 3.08. The van der Waals surface area contributed by atoms with Gasteiger partial charge in [0, 0.05) is 18.9 Å². The van der Waals surface area contributed by atoms with Crippen LogP contribution in [0.4, 0.5) is 4.39 Å². The zero-order valence-electron chi connectivity index (χ0n) is 13.3. The highest BCUT2D eigenvalue weighted by molar-refractivity contribution is 6.34. The molecular weight excluding hydrogens is 333 g/mol. The molecule has 0 bridgehead atoms. The number of hydrogen-bond acceptors (Lipinski definition) is 4. The number of hydrogen-bond donors (Lipinski definition) is 1. The first-order valence-electron chi connectivity index (χ1n) is 7.57. The van der Waals surface area contributed by atoms with Crippen molar-refractivity contribution in [2.75, 3.05) is 13.7 Å². The van der Waals surface area contributed by atoms with Crippen molar-refractivity contribution >= 4 is 22.8 Å². The van der Waals surface area contributed by atoms with Crippen molar-refractivity contribution in [1.29, 1.82) is 0 Å². The minimum atomic E-state index is -0.331. The SMILES string of the molecule is CC[C@H](COC)n1c(O)nc2ncc(Cl)c(-c3ccc(F)cc3)c21. The zero-order chi connectivity index (χ0) is 17.3. The molecule has 1 aromatic carbocycles. The summed E-state index contributed by atoms with van der Waals surface area (Å²) in [6.07, 6.45) is 2.21. The minimum absolute atomic E-state index is 0.125. The summed E-state index contributed by atoms with van der Waals surface area (Å²) in [5, 5.41) is 10.7. The molecule has 5 nitrogen and oxygen atoms in total. The summed E-state index contributed by atoms with van der Waals surface area (Å²) in [5.74, 6) is -0.331. The first kappa shape index (κ1) is 16.7. The summed E-state index contributed by atoms with van der Waals surface area (Å²) in [6.45, 7) is 2.40. The van der Waals surface area contributed by atoms with Gasteiger partial charge in [-0.3, -0.25) is 4.57 Å². The third kappa shape index (κ3) is 2.83.